The van der Waals surface area contributed by atoms with Gasteiger partial charge in [-0.15, -0.1) is 0 Å². The number of imidazole rings is 1. The summed E-state index contributed by atoms with van der Waals surface area (Å²) in [4.78, 5) is 7.95. The number of fused-ring (bicyclic) bond motifs is 1. The van der Waals surface area contributed by atoms with Crippen molar-refractivity contribution in [3.05, 3.63) is 23.7 Å². The minimum atomic E-state index is -4.46. The average molecular weight is 284 g/mol. The Morgan fingerprint density at radius 3 is 2.65 bits per heavy atom. The van der Waals surface area contributed by atoms with E-state index in [0.29, 0.717) is 37.1 Å². The smallest absolute Gasteiger partial charge is 0.317 e. The minimum Gasteiger partial charge on any atom is -0.317 e. The molecule has 4 nitrogen and oxygen atoms in total. The van der Waals surface area contributed by atoms with Crippen molar-refractivity contribution in [3.8, 4) is 0 Å². The maximum atomic E-state index is 13.2. The molecule has 2 aromatic heterocycles. The number of rotatable bonds is 1. The van der Waals surface area contributed by atoms with Gasteiger partial charge in [0.25, 0.3) is 0 Å². The molecular formula is C13H15F3N4. The lowest BCUT2D eigenvalue weighted by Gasteiger charge is -2.26. The standard InChI is InChI=1S/C13H15F3N4/c1-8-6-10-11(18-7-8)20(9-2-4-17-5-3-9)12(19-10)13(14,15)16/h6-7,9,17H,2-5H2,1H3. The normalized spacial score (nSPS) is 17.8. The van der Waals surface area contributed by atoms with E-state index in [2.05, 4.69) is 15.3 Å². The third-order valence-electron chi connectivity index (χ3n) is 3.59. The minimum absolute atomic E-state index is 0.201. The van der Waals surface area contributed by atoms with Gasteiger partial charge in [0.2, 0.25) is 5.82 Å². The molecule has 1 aliphatic heterocycles. The van der Waals surface area contributed by atoms with Crippen LogP contribution in [-0.4, -0.2) is 27.6 Å². The lowest BCUT2D eigenvalue weighted by molar-refractivity contribution is -0.147. The van der Waals surface area contributed by atoms with Crippen molar-refractivity contribution < 1.29 is 13.2 Å². The van der Waals surface area contributed by atoms with Crippen LogP contribution in [0.25, 0.3) is 11.2 Å². The van der Waals surface area contributed by atoms with Crippen LogP contribution in [0.2, 0.25) is 0 Å². The zero-order chi connectivity index (χ0) is 14.3. The van der Waals surface area contributed by atoms with E-state index in [1.807, 2.05) is 0 Å². The quantitative estimate of drug-likeness (QED) is 0.875. The molecule has 20 heavy (non-hydrogen) atoms. The Bertz CT molecular complexity index is 626. The molecule has 0 radical (unpaired) electrons. The van der Waals surface area contributed by atoms with Gasteiger partial charge in [-0.25, -0.2) is 9.97 Å². The van der Waals surface area contributed by atoms with Crippen LogP contribution < -0.4 is 5.32 Å². The van der Waals surface area contributed by atoms with Gasteiger partial charge in [0, 0.05) is 12.2 Å². The number of aromatic nitrogens is 3. The van der Waals surface area contributed by atoms with Crippen LogP contribution >= 0.6 is 0 Å². The van der Waals surface area contributed by atoms with Gasteiger partial charge in [-0.2, -0.15) is 13.2 Å². The van der Waals surface area contributed by atoms with Crippen molar-refractivity contribution in [1.82, 2.24) is 19.9 Å². The Hall–Kier alpha value is -1.63. The van der Waals surface area contributed by atoms with Crippen LogP contribution in [0.15, 0.2) is 12.3 Å². The predicted octanol–water partition coefficient (Wildman–Crippen LogP) is 2.68. The van der Waals surface area contributed by atoms with Gasteiger partial charge < -0.3 is 9.88 Å². The Morgan fingerprint density at radius 2 is 2.00 bits per heavy atom. The topological polar surface area (TPSA) is 42.7 Å². The van der Waals surface area contributed by atoms with Gasteiger partial charge in [-0.3, -0.25) is 0 Å². The number of piperidine rings is 1. The molecule has 3 rings (SSSR count). The highest BCUT2D eigenvalue weighted by atomic mass is 19.4. The fourth-order valence-electron chi connectivity index (χ4n) is 2.69. The van der Waals surface area contributed by atoms with Crippen LogP contribution in [0, 0.1) is 6.92 Å². The Kier molecular flexibility index (Phi) is 3.16. The molecule has 1 aliphatic rings. The van der Waals surface area contributed by atoms with Crippen LogP contribution in [0.3, 0.4) is 0 Å². The fourth-order valence-corrected chi connectivity index (χ4v) is 2.69. The number of alkyl halides is 3. The number of nitrogens with zero attached hydrogens (tertiary/aromatic N) is 3. The summed E-state index contributed by atoms with van der Waals surface area (Å²) in [5.41, 5.74) is 1.45. The van der Waals surface area contributed by atoms with Gasteiger partial charge in [0.05, 0.1) is 0 Å². The summed E-state index contributed by atoms with van der Waals surface area (Å²) < 4.78 is 40.9. The molecule has 2 aromatic rings. The SMILES string of the molecule is Cc1cnc2c(c1)nc(C(F)(F)F)n2C1CCNCC1. The highest BCUT2D eigenvalue weighted by Gasteiger charge is 2.39. The molecular weight excluding hydrogens is 269 g/mol. The molecule has 0 amide bonds. The number of pyridine rings is 1. The largest absolute Gasteiger partial charge is 0.449 e. The molecule has 0 aromatic carbocycles. The first-order chi connectivity index (χ1) is 9.47. The Morgan fingerprint density at radius 1 is 1.30 bits per heavy atom. The van der Waals surface area contributed by atoms with E-state index in [1.54, 1.807) is 19.2 Å². The van der Waals surface area contributed by atoms with Gasteiger partial charge in [-0.05, 0) is 44.5 Å². The Labute approximate surface area is 114 Å². The summed E-state index contributed by atoms with van der Waals surface area (Å²) in [6.07, 6.45) is -1.56. The molecule has 0 atom stereocenters. The third kappa shape index (κ3) is 2.26. The number of halogens is 3. The van der Waals surface area contributed by atoms with E-state index in [0.717, 1.165) is 5.56 Å². The molecule has 0 saturated carbocycles. The molecule has 108 valence electrons. The van der Waals surface area contributed by atoms with Gasteiger partial charge >= 0.3 is 6.18 Å². The number of nitrogens with one attached hydrogen (secondary N) is 1. The highest BCUT2D eigenvalue weighted by molar-refractivity contribution is 5.72. The van der Waals surface area contributed by atoms with Crippen molar-refractivity contribution in [1.29, 1.82) is 0 Å². The molecule has 0 spiro atoms. The van der Waals surface area contributed by atoms with Gasteiger partial charge in [0.1, 0.15) is 5.52 Å². The third-order valence-corrected chi connectivity index (χ3v) is 3.59. The molecule has 0 unspecified atom stereocenters. The fraction of sp³-hybridized carbons (Fsp3) is 0.538. The van der Waals surface area contributed by atoms with E-state index in [9.17, 15) is 13.2 Å². The second kappa shape index (κ2) is 4.73. The van der Waals surface area contributed by atoms with Crippen LogP contribution in [-0.2, 0) is 6.18 Å². The maximum absolute atomic E-state index is 13.2. The van der Waals surface area contributed by atoms with Crippen LogP contribution in [0.4, 0.5) is 13.2 Å². The first kappa shape index (κ1) is 13.4. The van der Waals surface area contributed by atoms with Crippen molar-refractivity contribution in [2.24, 2.45) is 0 Å². The molecule has 3 heterocycles. The molecule has 1 N–H and O–H groups in total. The summed E-state index contributed by atoms with van der Waals surface area (Å²) >= 11 is 0. The van der Waals surface area contributed by atoms with Crippen molar-refractivity contribution in [3.63, 3.8) is 0 Å². The predicted molar refractivity (Wildman–Crippen MR) is 68.4 cm³/mol. The van der Waals surface area contributed by atoms with E-state index < -0.39 is 12.0 Å². The summed E-state index contributed by atoms with van der Waals surface area (Å²) in [6, 6.07) is 1.45. The highest BCUT2D eigenvalue weighted by Crippen LogP contribution is 2.35. The molecule has 0 bridgehead atoms. The lowest BCUT2D eigenvalue weighted by Crippen LogP contribution is -2.31. The molecule has 0 aliphatic carbocycles. The van der Waals surface area contributed by atoms with Crippen molar-refractivity contribution in [2.45, 2.75) is 32.0 Å². The van der Waals surface area contributed by atoms with Crippen LogP contribution in [0.1, 0.15) is 30.3 Å². The number of aryl methyl sites for hydroxylation is 1. The molecule has 7 heteroatoms. The first-order valence-electron chi connectivity index (χ1n) is 6.59. The maximum Gasteiger partial charge on any atom is 0.449 e. The van der Waals surface area contributed by atoms with Crippen LogP contribution in [0.5, 0.6) is 0 Å². The van der Waals surface area contributed by atoms with Gasteiger partial charge in [-0.1, -0.05) is 0 Å². The second-order valence-corrected chi connectivity index (χ2v) is 5.14. The Balaban J connectivity index is 2.20. The van der Waals surface area contributed by atoms with E-state index in [-0.39, 0.29) is 6.04 Å². The average Bonchev–Trinajstić information content (AvgIpc) is 2.78. The van der Waals surface area contributed by atoms with E-state index in [1.165, 1.54) is 4.57 Å². The second-order valence-electron chi connectivity index (χ2n) is 5.14. The lowest BCUT2D eigenvalue weighted by atomic mass is 10.1. The monoisotopic (exact) mass is 284 g/mol. The molecule has 1 saturated heterocycles. The zero-order valence-electron chi connectivity index (χ0n) is 11.0. The summed E-state index contributed by atoms with van der Waals surface area (Å²) in [6.45, 7) is 3.23. The summed E-state index contributed by atoms with van der Waals surface area (Å²) in [5.74, 6) is -0.836. The number of hydrogen-bond donors (Lipinski definition) is 1. The van der Waals surface area contributed by atoms with Crippen molar-refractivity contribution >= 4 is 11.2 Å². The first-order valence-corrected chi connectivity index (χ1v) is 6.59. The zero-order valence-corrected chi connectivity index (χ0v) is 11.0. The van der Waals surface area contributed by atoms with Gasteiger partial charge in [0.15, 0.2) is 5.65 Å². The molecule has 1 fully saturated rings. The van der Waals surface area contributed by atoms with E-state index in [4.69, 9.17) is 0 Å². The van der Waals surface area contributed by atoms with E-state index >= 15 is 0 Å². The summed E-state index contributed by atoms with van der Waals surface area (Å²) in [5, 5.41) is 3.16. The van der Waals surface area contributed by atoms with Crippen molar-refractivity contribution in [2.75, 3.05) is 13.1 Å². The number of hydrogen-bond acceptors (Lipinski definition) is 3. The summed E-state index contributed by atoms with van der Waals surface area (Å²) in [7, 11) is 0.